The summed E-state index contributed by atoms with van der Waals surface area (Å²) >= 11 is 1.60. The Morgan fingerprint density at radius 2 is 2.25 bits per heavy atom. The molecule has 0 spiro atoms. The summed E-state index contributed by atoms with van der Waals surface area (Å²) in [4.78, 5) is 11.4. The normalized spacial score (nSPS) is 15.3. The average molecular weight is 289 g/mol. The molecule has 1 N–H and O–H groups in total. The zero-order valence-electron chi connectivity index (χ0n) is 12.1. The fourth-order valence-electron chi connectivity index (χ4n) is 2.62. The van der Waals surface area contributed by atoms with Crippen molar-refractivity contribution in [1.29, 1.82) is 0 Å². The van der Waals surface area contributed by atoms with Gasteiger partial charge in [0.1, 0.15) is 0 Å². The largest absolute Gasteiger partial charge is 0.294 e. The van der Waals surface area contributed by atoms with Crippen molar-refractivity contribution in [2.24, 2.45) is 0 Å². The third kappa shape index (κ3) is 2.58. The van der Waals surface area contributed by atoms with Gasteiger partial charge < -0.3 is 0 Å². The summed E-state index contributed by atoms with van der Waals surface area (Å²) in [6.07, 6.45) is 5.00. The molecule has 0 aliphatic carbocycles. The Bertz CT molecular complexity index is 603. The lowest BCUT2D eigenvalue weighted by molar-refractivity contribution is 0.241. The maximum Gasteiger partial charge on any atom is 0.187 e. The van der Waals surface area contributed by atoms with Gasteiger partial charge in [-0.05, 0) is 20.1 Å². The van der Waals surface area contributed by atoms with E-state index in [1.807, 2.05) is 12.5 Å². The van der Waals surface area contributed by atoms with Crippen LogP contribution >= 0.6 is 11.8 Å². The van der Waals surface area contributed by atoms with Gasteiger partial charge in [-0.25, -0.2) is 9.97 Å². The number of hydrogen-bond donors (Lipinski definition) is 1. The highest BCUT2D eigenvalue weighted by atomic mass is 32.2. The fourth-order valence-corrected chi connectivity index (χ4v) is 2.98. The van der Waals surface area contributed by atoms with Crippen LogP contribution in [0, 0.1) is 13.8 Å². The maximum absolute atomic E-state index is 4.61. The second-order valence-electron chi connectivity index (χ2n) is 5.20. The summed E-state index contributed by atoms with van der Waals surface area (Å²) in [7, 11) is 0. The number of fused-ring (bicyclic) bond motifs is 1. The van der Waals surface area contributed by atoms with Gasteiger partial charge >= 0.3 is 0 Å². The number of rotatable bonds is 3. The zero-order chi connectivity index (χ0) is 14.1. The molecule has 1 aliphatic rings. The molecule has 6 heteroatoms. The fraction of sp³-hybridized carbons (Fsp3) is 0.500. The minimum absolute atomic E-state index is 0.874. The summed E-state index contributed by atoms with van der Waals surface area (Å²) in [5.74, 6) is 0. The maximum atomic E-state index is 4.61. The summed E-state index contributed by atoms with van der Waals surface area (Å²) in [5.41, 5.74) is 6.05. The van der Waals surface area contributed by atoms with E-state index in [1.54, 1.807) is 11.8 Å². The van der Waals surface area contributed by atoms with Crippen molar-refractivity contribution in [3.05, 3.63) is 34.4 Å². The van der Waals surface area contributed by atoms with E-state index in [1.165, 1.54) is 22.5 Å². The van der Waals surface area contributed by atoms with Crippen LogP contribution in [0.5, 0.6) is 0 Å². The van der Waals surface area contributed by atoms with Crippen LogP contribution in [0.15, 0.2) is 11.4 Å². The van der Waals surface area contributed by atoms with Crippen LogP contribution in [0.25, 0.3) is 0 Å². The third-order valence-electron chi connectivity index (χ3n) is 3.84. The van der Waals surface area contributed by atoms with E-state index >= 15 is 0 Å². The minimum atomic E-state index is 0.874. The molecular formula is C14H19N5S. The number of nitrogens with one attached hydrogen (secondary N) is 1. The SMILES string of the molecule is CSc1ncc2c(n1)CCN(Cc1c(C)n[nH]c1C)C2. The molecule has 0 amide bonds. The second-order valence-corrected chi connectivity index (χ2v) is 5.98. The second kappa shape index (κ2) is 5.54. The molecule has 2 aromatic heterocycles. The Hall–Kier alpha value is -1.40. The molecule has 0 saturated heterocycles. The van der Waals surface area contributed by atoms with E-state index in [0.29, 0.717) is 0 Å². The van der Waals surface area contributed by atoms with Crippen LogP contribution in [0.3, 0.4) is 0 Å². The van der Waals surface area contributed by atoms with Gasteiger partial charge in [0, 0.05) is 49.1 Å². The number of aromatic amines is 1. The molecule has 0 radical (unpaired) electrons. The average Bonchev–Trinajstić information content (AvgIpc) is 2.78. The summed E-state index contributed by atoms with van der Waals surface area (Å²) in [6, 6.07) is 0. The highest BCUT2D eigenvalue weighted by Gasteiger charge is 2.20. The minimum Gasteiger partial charge on any atom is -0.294 e. The Balaban J connectivity index is 1.76. The highest BCUT2D eigenvalue weighted by molar-refractivity contribution is 7.98. The van der Waals surface area contributed by atoms with Gasteiger partial charge in [0.05, 0.1) is 11.4 Å². The predicted molar refractivity (Wildman–Crippen MR) is 79.7 cm³/mol. The first kappa shape index (κ1) is 13.6. The Labute approximate surface area is 123 Å². The molecule has 0 unspecified atom stereocenters. The summed E-state index contributed by atoms with van der Waals surface area (Å²) in [5, 5.41) is 8.20. The van der Waals surface area contributed by atoms with Crippen molar-refractivity contribution in [2.75, 3.05) is 12.8 Å². The summed E-state index contributed by atoms with van der Waals surface area (Å²) < 4.78 is 0. The number of H-pyrrole nitrogens is 1. The summed E-state index contributed by atoms with van der Waals surface area (Å²) in [6.45, 7) is 7.06. The highest BCUT2D eigenvalue weighted by Crippen LogP contribution is 2.22. The first-order valence-electron chi connectivity index (χ1n) is 6.79. The van der Waals surface area contributed by atoms with E-state index < -0.39 is 0 Å². The predicted octanol–water partition coefficient (Wildman–Crippen LogP) is 2.10. The van der Waals surface area contributed by atoms with Crippen LogP contribution in [0.1, 0.15) is 28.2 Å². The van der Waals surface area contributed by atoms with E-state index in [2.05, 4.69) is 38.9 Å². The van der Waals surface area contributed by atoms with E-state index in [9.17, 15) is 0 Å². The first-order valence-corrected chi connectivity index (χ1v) is 8.01. The van der Waals surface area contributed by atoms with Crippen LogP contribution in [-0.4, -0.2) is 37.9 Å². The molecule has 0 fully saturated rings. The van der Waals surface area contributed by atoms with Crippen LogP contribution in [-0.2, 0) is 19.5 Å². The lowest BCUT2D eigenvalue weighted by Crippen LogP contribution is -2.31. The molecule has 0 bridgehead atoms. The first-order chi connectivity index (χ1) is 9.67. The monoisotopic (exact) mass is 289 g/mol. The molecule has 3 heterocycles. The van der Waals surface area contributed by atoms with Crippen molar-refractivity contribution in [1.82, 2.24) is 25.1 Å². The van der Waals surface area contributed by atoms with Crippen LogP contribution < -0.4 is 0 Å². The molecule has 1 aliphatic heterocycles. The molecule has 20 heavy (non-hydrogen) atoms. The lowest BCUT2D eigenvalue weighted by atomic mass is 10.1. The van der Waals surface area contributed by atoms with Gasteiger partial charge in [-0.3, -0.25) is 10.00 Å². The lowest BCUT2D eigenvalue weighted by Gasteiger charge is -2.28. The van der Waals surface area contributed by atoms with Crippen molar-refractivity contribution >= 4 is 11.8 Å². The number of nitrogens with zero attached hydrogens (tertiary/aromatic N) is 4. The molecular weight excluding hydrogens is 270 g/mol. The van der Waals surface area contributed by atoms with Gasteiger partial charge in [0.25, 0.3) is 0 Å². The van der Waals surface area contributed by atoms with Crippen molar-refractivity contribution in [3.8, 4) is 0 Å². The standard InChI is InChI=1S/C14H19N5S/c1-9-12(10(2)18-17-9)8-19-5-4-13-11(7-19)6-15-14(16-13)20-3/h6H,4-5,7-8H2,1-3H3,(H,17,18). The van der Waals surface area contributed by atoms with Crippen molar-refractivity contribution < 1.29 is 0 Å². The Morgan fingerprint density at radius 3 is 2.95 bits per heavy atom. The third-order valence-corrected chi connectivity index (χ3v) is 4.40. The molecule has 106 valence electrons. The molecule has 2 aromatic rings. The van der Waals surface area contributed by atoms with Gasteiger partial charge in [0.15, 0.2) is 5.16 Å². The van der Waals surface area contributed by atoms with Gasteiger partial charge in [-0.15, -0.1) is 0 Å². The van der Waals surface area contributed by atoms with Gasteiger partial charge in [0.2, 0.25) is 0 Å². The van der Waals surface area contributed by atoms with Gasteiger partial charge in [-0.2, -0.15) is 5.10 Å². The molecule has 0 atom stereocenters. The number of thioether (sulfide) groups is 1. The smallest absolute Gasteiger partial charge is 0.187 e. The number of hydrogen-bond acceptors (Lipinski definition) is 5. The van der Waals surface area contributed by atoms with E-state index in [0.717, 1.165) is 36.9 Å². The number of aromatic nitrogens is 4. The number of aryl methyl sites for hydroxylation is 2. The molecule has 0 aromatic carbocycles. The van der Waals surface area contributed by atoms with Crippen molar-refractivity contribution in [2.45, 2.75) is 38.5 Å². The van der Waals surface area contributed by atoms with Crippen LogP contribution in [0.4, 0.5) is 0 Å². The zero-order valence-corrected chi connectivity index (χ0v) is 12.9. The quantitative estimate of drug-likeness (QED) is 0.692. The molecule has 3 rings (SSSR count). The molecule has 0 saturated carbocycles. The van der Waals surface area contributed by atoms with Crippen LogP contribution in [0.2, 0.25) is 0 Å². The van der Waals surface area contributed by atoms with Crippen molar-refractivity contribution in [3.63, 3.8) is 0 Å². The Kier molecular flexibility index (Phi) is 3.76. The Morgan fingerprint density at radius 1 is 1.40 bits per heavy atom. The van der Waals surface area contributed by atoms with Gasteiger partial charge in [-0.1, -0.05) is 11.8 Å². The molecule has 5 nitrogen and oxygen atoms in total. The topological polar surface area (TPSA) is 57.7 Å². The van der Waals surface area contributed by atoms with E-state index in [4.69, 9.17) is 0 Å². The van der Waals surface area contributed by atoms with E-state index in [-0.39, 0.29) is 0 Å².